The number of likely N-dealkylation sites (N-methyl/N-ethyl adjacent to an activating group) is 1. The van der Waals surface area contributed by atoms with Crippen molar-refractivity contribution in [1.29, 1.82) is 0 Å². The number of methoxy groups -OCH3 is 1. The van der Waals surface area contributed by atoms with Crippen molar-refractivity contribution in [2.75, 3.05) is 53.5 Å². The van der Waals surface area contributed by atoms with Gasteiger partial charge in [-0.1, -0.05) is 29.8 Å². The first kappa shape index (κ1) is 27.5. The van der Waals surface area contributed by atoms with Gasteiger partial charge in [-0.25, -0.2) is 9.59 Å². The van der Waals surface area contributed by atoms with Gasteiger partial charge in [0.1, 0.15) is 5.75 Å². The Balaban J connectivity index is 1.58. The number of hydrogen-bond acceptors (Lipinski definition) is 6. The molecule has 0 radical (unpaired) electrons. The van der Waals surface area contributed by atoms with E-state index in [-0.39, 0.29) is 18.5 Å². The van der Waals surface area contributed by atoms with Crippen molar-refractivity contribution >= 4 is 29.5 Å². The number of amides is 3. The van der Waals surface area contributed by atoms with Crippen LogP contribution in [0.4, 0.5) is 4.79 Å². The normalized spacial score (nSPS) is 18.6. The van der Waals surface area contributed by atoms with E-state index in [1.807, 2.05) is 11.0 Å². The molecule has 2 aromatic carbocycles. The van der Waals surface area contributed by atoms with Crippen LogP contribution in [-0.2, 0) is 9.53 Å². The molecular weight excluding hydrogens is 508 g/mol. The quantitative estimate of drug-likeness (QED) is 0.538. The largest absolute Gasteiger partial charge is 0.497 e. The van der Waals surface area contributed by atoms with E-state index in [1.54, 1.807) is 63.5 Å². The number of urea groups is 1. The van der Waals surface area contributed by atoms with Crippen molar-refractivity contribution in [3.05, 3.63) is 76.0 Å². The van der Waals surface area contributed by atoms with Gasteiger partial charge in [0.15, 0.2) is 0 Å². The number of hydrogen-bond donors (Lipinski definition) is 1. The SMILES string of the molecule is CCOC(=O)C1=C(CN2CCCN(C(=O)c3cccc(OC)c3)CC2)N(C)C(=O)N[C@@H]1c1ccc(Cl)cc1. The predicted molar refractivity (Wildman–Crippen MR) is 144 cm³/mol. The van der Waals surface area contributed by atoms with Gasteiger partial charge in [-0.15, -0.1) is 0 Å². The fourth-order valence-electron chi connectivity index (χ4n) is 4.79. The van der Waals surface area contributed by atoms with Gasteiger partial charge in [-0.3, -0.25) is 14.6 Å². The predicted octanol–water partition coefficient (Wildman–Crippen LogP) is 3.71. The minimum absolute atomic E-state index is 0.0471. The van der Waals surface area contributed by atoms with Gasteiger partial charge in [-0.2, -0.15) is 0 Å². The smallest absolute Gasteiger partial charge is 0.338 e. The van der Waals surface area contributed by atoms with Crippen LogP contribution in [0.25, 0.3) is 0 Å². The first-order valence-corrected chi connectivity index (χ1v) is 13.1. The van der Waals surface area contributed by atoms with Crippen molar-refractivity contribution in [1.82, 2.24) is 20.0 Å². The summed E-state index contributed by atoms with van der Waals surface area (Å²) in [6, 6.07) is 13.2. The molecule has 0 bridgehead atoms. The average Bonchev–Trinajstić information content (AvgIpc) is 3.17. The lowest BCUT2D eigenvalue weighted by atomic mass is 9.94. The molecule has 38 heavy (non-hydrogen) atoms. The van der Waals surface area contributed by atoms with Gasteiger partial charge in [0.25, 0.3) is 5.91 Å². The molecule has 0 spiro atoms. The topological polar surface area (TPSA) is 91.4 Å². The molecule has 3 amide bonds. The third-order valence-electron chi connectivity index (χ3n) is 6.84. The van der Waals surface area contributed by atoms with E-state index in [1.165, 1.54) is 4.90 Å². The number of ether oxygens (including phenoxy) is 2. The monoisotopic (exact) mass is 540 g/mol. The van der Waals surface area contributed by atoms with Crippen LogP contribution < -0.4 is 10.1 Å². The summed E-state index contributed by atoms with van der Waals surface area (Å²) in [5, 5.41) is 3.49. The molecule has 1 N–H and O–H groups in total. The summed E-state index contributed by atoms with van der Waals surface area (Å²) in [6.45, 7) is 4.77. The number of carbonyl (C=O) groups is 3. The van der Waals surface area contributed by atoms with Crippen LogP contribution in [0.2, 0.25) is 5.02 Å². The van der Waals surface area contributed by atoms with E-state index in [4.69, 9.17) is 21.1 Å². The van der Waals surface area contributed by atoms with E-state index < -0.39 is 12.0 Å². The van der Waals surface area contributed by atoms with Crippen LogP contribution in [0.1, 0.15) is 35.3 Å². The third-order valence-corrected chi connectivity index (χ3v) is 7.09. The van der Waals surface area contributed by atoms with Crippen molar-refractivity contribution < 1.29 is 23.9 Å². The molecule has 2 aliphatic rings. The zero-order valence-electron chi connectivity index (χ0n) is 21.9. The Morgan fingerprint density at radius 2 is 1.84 bits per heavy atom. The Hall–Kier alpha value is -3.56. The van der Waals surface area contributed by atoms with Gasteiger partial charge in [0.2, 0.25) is 0 Å². The highest BCUT2D eigenvalue weighted by Gasteiger charge is 2.37. The first-order valence-electron chi connectivity index (χ1n) is 12.7. The Morgan fingerprint density at radius 1 is 1.08 bits per heavy atom. The molecule has 2 aliphatic heterocycles. The van der Waals surface area contributed by atoms with Crippen LogP contribution in [-0.4, -0.2) is 86.1 Å². The maximum atomic E-state index is 13.2. The van der Waals surface area contributed by atoms with E-state index in [0.717, 1.165) is 12.0 Å². The molecule has 1 atom stereocenters. The summed E-state index contributed by atoms with van der Waals surface area (Å²) in [5.41, 5.74) is 2.30. The van der Waals surface area contributed by atoms with E-state index in [0.29, 0.717) is 60.3 Å². The Morgan fingerprint density at radius 3 is 2.55 bits per heavy atom. The number of benzene rings is 2. The summed E-state index contributed by atoms with van der Waals surface area (Å²) in [4.78, 5) is 44.8. The van der Waals surface area contributed by atoms with Crippen molar-refractivity contribution in [2.45, 2.75) is 19.4 Å². The summed E-state index contributed by atoms with van der Waals surface area (Å²) >= 11 is 6.07. The van der Waals surface area contributed by atoms with Gasteiger partial charge < -0.3 is 19.7 Å². The summed E-state index contributed by atoms with van der Waals surface area (Å²) in [5.74, 6) is 0.118. The van der Waals surface area contributed by atoms with Gasteiger partial charge in [0.05, 0.1) is 25.3 Å². The maximum Gasteiger partial charge on any atom is 0.338 e. The molecule has 2 aromatic rings. The Kier molecular flexibility index (Phi) is 8.91. The lowest BCUT2D eigenvalue weighted by Crippen LogP contribution is -2.49. The number of nitrogens with zero attached hydrogens (tertiary/aromatic N) is 3. The minimum atomic E-state index is -0.664. The Bertz CT molecular complexity index is 1220. The summed E-state index contributed by atoms with van der Waals surface area (Å²) in [6.07, 6.45) is 0.758. The zero-order valence-corrected chi connectivity index (χ0v) is 22.7. The molecular formula is C28H33ClN4O5. The molecule has 0 aliphatic carbocycles. The molecule has 0 aromatic heterocycles. The molecule has 202 valence electrons. The molecule has 1 fully saturated rings. The maximum absolute atomic E-state index is 13.2. The van der Waals surface area contributed by atoms with Gasteiger partial charge >= 0.3 is 12.0 Å². The second-order valence-corrected chi connectivity index (χ2v) is 9.66. The van der Waals surface area contributed by atoms with Crippen LogP contribution in [0, 0.1) is 0 Å². The van der Waals surface area contributed by atoms with Crippen LogP contribution in [0.3, 0.4) is 0 Å². The second kappa shape index (κ2) is 12.3. The summed E-state index contributed by atoms with van der Waals surface area (Å²) in [7, 11) is 3.23. The van der Waals surface area contributed by atoms with Crippen LogP contribution in [0.5, 0.6) is 5.75 Å². The molecule has 2 heterocycles. The van der Waals surface area contributed by atoms with Crippen molar-refractivity contribution in [3.63, 3.8) is 0 Å². The van der Waals surface area contributed by atoms with Gasteiger partial charge in [-0.05, 0) is 49.2 Å². The highest BCUT2D eigenvalue weighted by atomic mass is 35.5. The number of nitrogens with one attached hydrogen (secondary N) is 1. The standard InChI is InChI=1S/C28H33ClN4O5/c1-4-38-27(35)24-23(31(2)28(36)30-25(24)19-9-11-21(29)12-10-19)18-32-13-6-14-33(16-15-32)26(34)20-7-5-8-22(17-20)37-3/h5,7-12,17,25H,4,6,13-16,18H2,1-3H3,(H,30,36)/t25-/m1/s1. The van der Waals surface area contributed by atoms with E-state index >= 15 is 0 Å². The fourth-order valence-corrected chi connectivity index (χ4v) is 4.91. The van der Waals surface area contributed by atoms with Crippen molar-refractivity contribution in [3.8, 4) is 5.75 Å². The van der Waals surface area contributed by atoms with Crippen molar-refractivity contribution in [2.24, 2.45) is 0 Å². The number of rotatable bonds is 7. The first-order chi connectivity index (χ1) is 18.3. The third kappa shape index (κ3) is 6.11. The fraction of sp³-hybridized carbons (Fsp3) is 0.393. The van der Waals surface area contributed by atoms with Crippen LogP contribution >= 0.6 is 11.6 Å². The number of carbonyl (C=O) groups excluding carboxylic acids is 3. The number of halogens is 1. The highest BCUT2D eigenvalue weighted by molar-refractivity contribution is 6.30. The minimum Gasteiger partial charge on any atom is -0.497 e. The van der Waals surface area contributed by atoms with Gasteiger partial charge in [0, 0.05) is 56.1 Å². The molecule has 0 saturated carbocycles. The van der Waals surface area contributed by atoms with E-state index in [2.05, 4.69) is 10.2 Å². The Labute approximate surface area is 227 Å². The highest BCUT2D eigenvalue weighted by Crippen LogP contribution is 2.32. The number of esters is 1. The average molecular weight is 541 g/mol. The van der Waals surface area contributed by atoms with E-state index in [9.17, 15) is 14.4 Å². The summed E-state index contributed by atoms with van der Waals surface area (Å²) < 4.78 is 10.7. The molecule has 4 rings (SSSR count). The zero-order chi connectivity index (χ0) is 27.2. The second-order valence-electron chi connectivity index (χ2n) is 9.23. The van der Waals surface area contributed by atoms with Crippen LogP contribution in [0.15, 0.2) is 59.8 Å². The lowest BCUT2D eigenvalue weighted by Gasteiger charge is -2.36. The molecule has 1 saturated heterocycles. The molecule has 0 unspecified atom stereocenters. The molecule has 9 nitrogen and oxygen atoms in total. The lowest BCUT2D eigenvalue weighted by molar-refractivity contribution is -0.139. The molecule has 10 heteroatoms.